The van der Waals surface area contributed by atoms with E-state index >= 15 is 0 Å². The molecular weight excluding hydrogens is 1410 g/mol. The van der Waals surface area contributed by atoms with Crippen molar-refractivity contribution in [1.82, 2.24) is 36.5 Å². The van der Waals surface area contributed by atoms with Crippen LogP contribution in [0.1, 0.15) is 404 Å². The van der Waals surface area contributed by atoms with Gasteiger partial charge in [-0.25, -0.2) is 73.1 Å². The van der Waals surface area contributed by atoms with Crippen LogP contribution in [0.3, 0.4) is 0 Å². The summed E-state index contributed by atoms with van der Waals surface area (Å²) in [5, 5.41) is 0. The van der Waals surface area contributed by atoms with E-state index in [4.69, 9.17) is 0 Å². The van der Waals surface area contributed by atoms with E-state index in [2.05, 4.69) is 365 Å². The Labute approximate surface area is 718 Å². The van der Waals surface area contributed by atoms with Crippen LogP contribution in [-0.2, 0) is 106 Å². The van der Waals surface area contributed by atoms with Crippen molar-refractivity contribution in [2.45, 2.75) is 467 Å². The zero-order chi connectivity index (χ0) is 79.8. The molecule has 0 N–H and O–H groups in total. The molecule has 0 atom stereocenters. The number of aromatic nitrogens is 16. The summed E-state index contributed by atoms with van der Waals surface area (Å²) in [5.41, 5.74) is 4.45. The minimum atomic E-state index is 0. The van der Waals surface area contributed by atoms with Crippen molar-refractivity contribution in [3.05, 3.63) is 147 Å². The first kappa shape index (κ1) is 124. The molecule has 0 aromatic carbocycles. The van der Waals surface area contributed by atoms with E-state index in [0.717, 1.165) is 26.2 Å². The predicted octanol–water partition coefficient (Wildman–Crippen LogP) is 24.4. The van der Waals surface area contributed by atoms with Crippen LogP contribution in [0.25, 0.3) is 0 Å². The van der Waals surface area contributed by atoms with E-state index < -0.39 is 0 Å². The molecule has 0 amide bonds. The Morgan fingerprint density at radius 2 is 0.722 bits per heavy atom. The van der Waals surface area contributed by atoms with Crippen LogP contribution in [0.2, 0.25) is 0 Å². The van der Waals surface area contributed by atoms with E-state index in [0.29, 0.717) is 12.0 Å². The molecule has 8 aromatic heterocycles. The molecule has 674 valence electrons. The van der Waals surface area contributed by atoms with Crippen molar-refractivity contribution < 1.29 is 36.5 Å². The monoisotopic (exact) mass is 1620 g/mol. The molecule has 16 nitrogen and oxygen atoms in total. The highest BCUT2D eigenvalue weighted by Crippen LogP contribution is 2.20. The van der Waals surface area contributed by atoms with Gasteiger partial charge in [0, 0.05) is 26.2 Å². The first-order valence-electron chi connectivity index (χ1n) is 43.6. The highest BCUT2D eigenvalue weighted by molar-refractivity contribution is 5.07. The standard InChI is InChI=1S/C13H25N2.4C12H23N2.C11H21N2.C10H19N2.C9H17N2.8CH4/c1-6-7-8-9-15-10-12(13(2,3)4)14(5)11-15;1-6-7-8-9-14-11(3)10(2)13(5)12(14)4;1-5-6-7-8-14-10-9-13(4)12(14)11(2)3;1-4-5-6-7-8-13-9-10-14(11-13)12(2)3;1-3-5-6-7-9-14-11-10-13(12-14)8-4-2;1-3-5-6-7-8-13-10-9-12(4-2)11-13;1-3-4-5-6-7-12-9-8-11(2)10-12;1-3-4-5-6-11-8-7-10(2)9-11;;;;;;;;/h10-11H,6-9H2,1-5H3;6-9H2,1-5H3;9-11H,5-8H2,1-4H3;9-12H,4-8H2,1-3H3;10-12H,3-9H2,1-2H3;9-11H,3-8H2,1-2H3;8-10H,3-7H2,1-2H3;7-9H,3-6H2,1-2H3;8*1H4/q8*+1;;;;;;;;. The fourth-order valence-electron chi connectivity index (χ4n) is 13.2. The van der Waals surface area contributed by atoms with Gasteiger partial charge in [-0.05, 0) is 130 Å². The van der Waals surface area contributed by atoms with E-state index in [9.17, 15) is 0 Å². The lowest BCUT2D eigenvalue weighted by Crippen LogP contribution is -2.33. The average molecular weight is 1620 g/mol. The van der Waals surface area contributed by atoms with Crippen molar-refractivity contribution in [3.8, 4) is 0 Å². The molecule has 0 bridgehead atoms. The molecule has 0 saturated heterocycles. The van der Waals surface area contributed by atoms with Crippen LogP contribution in [-0.4, -0.2) is 36.5 Å². The van der Waals surface area contributed by atoms with E-state index in [1.807, 2.05) is 0 Å². The minimum Gasteiger partial charge on any atom is -0.240 e. The molecule has 115 heavy (non-hydrogen) atoms. The maximum absolute atomic E-state index is 2.44. The number of aryl methyl sites for hydroxylation is 13. The lowest BCUT2D eigenvalue weighted by Gasteiger charge is -2.13. The molecule has 8 rings (SSSR count). The van der Waals surface area contributed by atoms with Gasteiger partial charge in [0.05, 0.1) is 113 Å². The minimum absolute atomic E-state index is 0. The van der Waals surface area contributed by atoms with Crippen LogP contribution >= 0.6 is 0 Å². The Hall–Kier alpha value is -6.32. The lowest BCUT2D eigenvalue weighted by atomic mass is 9.93. The predicted molar refractivity (Wildman–Crippen MR) is 504 cm³/mol. The van der Waals surface area contributed by atoms with Crippen LogP contribution in [0.15, 0.2) is 119 Å². The normalized spacial score (nSPS) is 10.2. The fraction of sp³-hybridized carbons (Fsp3) is 0.758. The van der Waals surface area contributed by atoms with Crippen molar-refractivity contribution >= 4 is 0 Å². The Bertz CT molecular complexity index is 3310. The number of imidazole rings is 8. The van der Waals surface area contributed by atoms with Crippen molar-refractivity contribution in [3.63, 3.8) is 0 Å². The van der Waals surface area contributed by atoms with E-state index in [-0.39, 0.29) is 64.8 Å². The molecule has 8 aromatic rings. The van der Waals surface area contributed by atoms with Crippen molar-refractivity contribution in [2.75, 3.05) is 0 Å². The summed E-state index contributed by atoms with van der Waals surface area (Å²) in [7, 11) is 10.5. The molecule has 16 heteroatoms. The summed E-state index contributed by atoms with van der Waals surface area (Å²) in [6.07, 6.45) is 79.4. The highest BCUT2D eigenvalue weighted by Gasteiger charge is 2.24. The molecular formula is C99H206N16+8. The van der Waals surface area contributed by atoms with E-state index in [1.54, 1.807) is 0 Å². The first-order valence-corrected chi connectivity index (χ1v) is 43.6. The number of rotatable bonds is 41. The average Bonchev–Trinajstić information content (AvgIpc) is 1.71. The molecule has 0 saturated carbocycles. The molecule has 0 spiro atoms. The van der Waals surface area contributed by atoms with Crippen LogP contribution in [0.5, 0.6) is 0 Å². The Morgan fingerprint density at radius 3 is 1.10 bits per heavy atom. The number of unbranched alkanes of at least 4 members (excludes halogenated alkanes) is 20. The summed E-state index contributed by atoms with van der Waals surface area (Å²) in [4.78, 5) is 0. The molecule has 0 aliphatic carbocycles. The van der Waals surface area contributed by atoms with Gasteiger partial charge >= 0.3 is 0 Å². The van der Waals surface area contributed by atoms with Crippen LogP contribution < -0.4 is 36.5 Å². The highest BCUT2D eigenvalue weighted by atomic mass is 15.2. The third kappa shape index (κ3) is 55.9. The second-order valence-electron chi connectivity index (χ2n) is 32.0. The van der Waals surface area contributed by atoms with Gasteiger partial charge in [0.2, 0.25) is 38.0 Å². The van der Waals surface area contributed by atoms with Gasteiger partial charge in [0.25, 0.3) is 11.6 Å². The quantitative estimate of drug-likeness (QED) is 0.0271. The van der Waals surface area contributed by atoms with Crippen molar-refractivity contribution in [1.29, 1.82) is 0 Å². The Kier molecular flexibility index (Phi) is 82.6. The summed E-state index contributed by atoms with van der Waals surface area (Å²) < 4.78 is 36.1. The third-order valence-electron chi connectivity index (χ3n) is 20.1. The fourth-order valence-corrected chi connectivity index (χ4v) is 13.2. The molecule has 0 aliphatic rings. The molecule has 0 radical (unpaired) electrons. The van der Waals surface area contributed by atoms with Gasteiger partial charge in [0.15, 0.2) is 0 Å². The Balaban J connectivity index is -0.000000188. The van der Waals surface area contributed by atoms with E-state index in [1.165, 1.54) is 254 Å². The molecule has 0 fully saturated rings. The number of nitrogens with zero attached hydrogens (tertiary/aromatic N) is 16. The molecule has 8 heterocycles. The lowest BCUT2D eigenvalue weighted by molar-refractivity contribution is -0.697. The summed E-state index contributed by atoms with van der Waals surface area (Å²) in [5.74, 6) is 3.41. The second kappa shape index (κ2) is 76.4. The summed E-state index contributed by atoms with van der Waals surface area (Å²) >= 11 is 0. The largest absolute Gasteiger partial charge is 0.258 e. The molecule has 0 aliphatic heterocycles. The van der Waals surface area contributed by atoms with Crippen molar-refractivity contribution in [2.24, 2.45) is 35.2 Å². The third-order valence-corrected chi connectivity index (χ3v) is 20.1. The van der Waals surface area contributed by atoms with Gasteiger partial charge < -0.3 is 0 Å². The summed E-state index contributed by atoms with van der Waals surface area (Å²) in [6, 6.07) is 0.576. The Morgan fingerprint density at radius 1 is 0.357 bits per heavy atom. The maximum atomic E-state index is 2.44. The maximum Gasteiger partial charge on any atom is 0.258 e. The topological polar surface area (TPSA) is 70.5 Å². The smallest absolute Gasteiger partial charge is 0.240 e. The van der Waals surface area contributed by atoms with Crippen LogP contribution in [0.4, 0.5) is 0 Å². The van der Waals surface area contributed by atoms with Gasteiger partial charge in [-0.2, -0.15) is 0 Å². The van der Waals surface area contributed by atoms with Gasteiger partial charge in [-0.1, -0.05) is 233 Å². The summed E-state index contributed by atoms with van der Waals surface area (Å²) in [6.45, 7) is 56.2. The van der Waals surface area contributed by atoms with Crippen LogP contribution in [0, 0.1) is 20.8 Å². The SMILES string of the molecule is C.C.C.C.C.C.C.C.CCCCCC[n+]1ccn(C(C)C)c1.CCCCCC[n+]1ccn(CC)c1.CCCCCCn1cc[n+](C)c1.CCCCCCn1cc[n+](CCC)c1.CCCCC[n+]1cc(C(C)(C)C)n(C)c1.CCCCCn1c(C)c(C)[n+](C)c1C.CCCCCn1cc[n+](C)c1.CCCCCn1cc[n+](C)c1C(C)C. The van der Waals surface area contributed by atoms with Gasteiger partial charge in [-0.15, -0.1) is 0 Å². The second-order valence-corrected chi connectivity index (χ2v) is 32.0. The van der Waals surface area contributed by atoms with Gasteiger partial charge in [-0.3, -0.25) is 0 Å². The zero-order valence-electron chi connectivity index (χ0n) is 74.9. The first-order chi connectivity index (χ1) is 51.3. The number of hydrogen-bond acceptors (Lipinski definition) is 0. The van der Waals surface area contributed by atoms with Gasteiger partial charge in [0.1, 0.15) is 97.6 Å². The molecule has 0 unspecified atom stereocenters. The number of hydrogen-bond donors (Lipinski definition) is 0. The zero-order valence-corrected chi connectivity index (χ0v) is 74.9.